The summed E-state index contributed by atoms with van der Waals surface area (Å²) in [4.78, 5) is 4.27. The van der Waals surface area contributed by atoms with E-state index in [4.69, 9.17) is 0 Å². The zero-order valence-electron chi connectivity index (χ0n) is 12.8. The maximum absolute atomic E-state index is 2.55. The molecule has 1 aliphatic heterocycles. The van der Waals surface area contributed by atoms with Gasteiger partial charge in [-0.2, -0.15) is 0 Å². The minimum absolute atomic E-state index is 1.18. The first-order valence-electron chi connectivity index (χ1n) is 7.38. The van der Waals surface area contributed by atoms with Gasteiger partial charge >= 0.3 is 0 Å². The van der Waals surface area contributed by atoms with E-state index in [9.17, 15) is 0 Å². The molecule has 1 saturated heterocycles. The monoisotopic (exact) mass is 259 g/mol. The molecular weight excluding hydrogens is 232 g/mol. The minimum atomic E-state index is 1.18. The summed E-state index contributed by atoms with van der Waals surface area (Å²) in [6.45, 7) is 14.9. The first-order valence-corrected chi connectivity index (χ1v) is 7.38. The van der Waals surface area contributed by atoms with Crippen molar-refractivity contribution in [2.24, 2.45) is 0 Å². The van der Waals surface area contributed by atoms with Gasteiger partial charge in [-0.05, 0) is 50.5 Å². The molecule has 0 radical (unpaired) electrons. The number of benzene rings is 1. The highest BCUT2D eigenvalue weighted by Crippen LogP contribution is 2.22. The molecule has 1 heterocycles. The molecule has 0 bridgehead atoms. The molecule has 2 nitrogen and oxygen atoms in total. The maximum atomic E-state index is 2.55. The summed E-state index contributed by atoms with van der Waals surface area (Å²) in [5, 5.41) is 0. The molecule has 2 rings (SSSR count). The molecule has 1 aromatic carbocycles. The Morgan fingerprint density at radius 1 is 1.26 bits per heavy atom. The molecule has 104 valence electrons. The number of nitrogens with one attached hydrogen (secondary N) is 1. The molecule has 2 heteroatoms. The molecule has 0 spiro atoms. The number of quaternary nitrogens is 1. The summed E-state index contributed by atoms with van der Waals surface area (Å²) in [6.07, 6.45) is 2.24. The van der Waals surface area contributed by atoms with Crippen LogP contribution in [0.15, 0.2) is 29.8 Å². The van der Waals surface area contributed by atoms with Crippen LogP contribution in [-0.4, -0.2) is 32.7 Å². The first-order chi connectivity index (χ1) is 9.11. The Morgan fingerprint density at radius 3 is 2.58 bits per heavy atom. The van der Waals surface area contributed by atoms with Crippen LogP contribution in [0.3, 0.4) is 0 Å². The number of allylic oxidation sites excluding steroid dienone is 1. The van der Waals surface area contributed by atoms with Gasteiger partial charge in [0.1, 0.15) is 0 Å². The highest BCUT2D eigenvalue weighted by Gasteiger charge is 2.21. The first kappa shape index (κ1) is 14.1. The highest BCUT2D eigenvalue weighted by atomic mass is 15.3. The molecule has 19 heavy (non-hydrogen) atoms. The lowest BCUT2D eigenvalue weighted by Crippen LogP contribution is -3.15. The number of nitrogens with zero attached hydrogens (tertiary/aromatic N) is 1. The molecule has 0 amide bonds. The minimum Gasteiger partial charge on any atom is -0.360 e. The highest BCUT2D eigenvalue weighted by molar-refractivity contribution is 5.56. The van der Waals surface area contributed by atoms with Crippen LogP contribution in [0.1, 0.15) is 25.0 Å². The number of anilines is 1. The lowest BCUT2D eigenvalue weighted by molar-refractivity contribution is -0.895. The zero-order valence-corrected chi connectivity index (χ0v) is 12.8. The van der Waals surface area contributed by atoms with E-state index in [-0.39, 0.29) is 0 Å². The second-order valence-corrected chi connectivity index (χ2v) is 5.77. The molecule has 0 unspecified atom stereocenters. The van der Waals surface area contributed by atoms with Gasteiger partial charge < -0.3 is 9.80 Å². The maximum Gasteiger partial charge on any atom is 0.0985 e. The van der Waals surface area contributed by atoms with Crippen molar-refractivity contribution in [3.63, 3.8) is 0 Å². The van der Waals surface area contributed by atoms with Crippen LogP contribution in [0.5, 0.6) is 0 Å². The lowest BCUT2D eigenvalue weighted by Gasteiger charge is -2.34. The number of piperazine rings is 1. The van der Waals surface area contributed by atoms with Gasteiger partial charge in [0, 0.05) is 5.69 Å². The quantitative estimate of drug-likeness (QED) is 0.816. The Balaban J connectivity index is 1.98. The molecule has 0 aliphatic carbocycles. The molecule has 1 fully saturated rings. The van der Waals surface area contributed by atoms with Crippen molar-refractivity contribution in [2.75, 3.05) is 37.6 Å². The molecule has 0 aromatic heterocycles. The van der Waals surface area contributed by atoms with Gasteiger partial charge in [0.25, 0.3) is 0 Å². The van der Waals surface area contributed by atoms with Gasteiger partial charge in [-0.15, -0.1) is 0 Å². The van der Waals surface area contributed by atoms with Crippen LogP contribution in [0.25, 0.3) is 0 Å². The second kappa shape index (κ2) is 6.25. The Hall–Kier alpha value is -1.28. The van der Waals surface area contributed by atoms with Crippen LogP contribution in [0.4, 0.5) is 5.69 Å². The van der Waals surface area contributed by atoms with E-state index in [1.54, 1.807) is 4.90 Å². The van der Waals surface area contributed by atoms with E-state index in [1.807, 2.05) is 0 Å². The summed E-state index contributed by atoms with van der Waals surface area (Å²) in [5.41, 5.74) is 5.78. The van der Waals surface area contributed by atoms with E-state index >= 15 is 0 Å². The molecule has 0 saturated carbocycles. The van der Waals surface area contributed by atoms with Gasteiger partial charge in [0.05, 0.1) is 32.7 Å². The van der Waals surface area contributed by atoms with E-state index in [2.05, 4.69) is 56.9 Å². The smallest absolute Gasteiger partial charge is 0.0985 e. The van der Waals surface area contributed by atoms with E-state index < -0.39 is 0 Å². The summed E-state index contributed by atoms with van der Waals surface area (Å²) in [7, 11) is 0. The fourth-order valence-electron chi connectivity index (χ4n) is 2.82. The fourth-order valence-corrected chi connectivity index (χ4v) is 2.82. The third-order valence-corrected chi connectivity index (χ3v) is 4.41. The van der Waals surface area contributed by atoms with Gasteiger partial charge in [0.2, 0.25) is 0 Å². The summed E-state index contributed by atoms with van der Waals surface area (Å²) in [5.74, 6) is 0. The van der Waals surface area contributed by atoms with E-state index in [1.165, 1.54) is 55.1 Å². The summed E-state index contributed by atoms with van der Waals surface area (Å²) >= 11 is 0. The number of aryl methyl sites for hydroxylation is 1. The van der Waals surface area contributed by atoms with Crippen LogP contribution >= 0.6 is 0 Å². The van der Waals surface area contributed by atoms with Gasteiger partial charge in [-0.3, -0.25) is 0 Å². The Bertz CT molecular complexity index is 454. The predicted octanol–water partition coefficient (Wildman–Crippen LogP) is 1.97. The topological polar surface area (TPSA) is 7.68 Å². The van der Waals surface area contributed by atoms with Gasteiger partial charge in [0.15, 0.2) is 0 Å². The number of hydrogen-bond acceptors (Lipinski definition) is 1. The van der Waals surface area contributed by atoms with Crippen molar-refractivity contribution in [1.29, 1.82) is 0 Å². The predicted molar refractivity (Wildman–Crippen MR) is 83.1 cm³/mol. The third kappa shape index (κ3) is 3.38. The normalized spacial score (nSPS) is 17.9. The molecule has 1 N–H and O–H groups in total. The van der Waals surface area contributed by atoms with Crippen molar-refractivity contribution >= 4 is 5.69 Å². The summed E-state index contributed by atoms with van der Waals surface area (Å²) < 4.78 is 0. The fraction of sp³-hybridized carbons (Fsp3) is 0.529. The average molecular weight is 259 g/mol. The Kier molecular flexibility index (Phi) is 4.65. The molecule has 1 aromatic rings. The van der Waals surface area contributed by atoms with Crippen molar-refractivity contribution in [1.82, 2.24) is 0 Å². The molecular formula is C17H27N2+. The van der Waals surface area contributed by atoms with Gasteiger partial charge in [-0.25, -0.2) is 0 Å². The van der Waals surface area contributed by atoms with Crippen molar-refractivity contribution < 1.29 is 4.90 Å². The van der Waals surface area contributed by atoms with E-state index in [0.717, 1.165) is 0 Å². The van der Waals surface area contributed by atoms with Crippen molar-refractivity contribution in [2.45, 2.75) is 27.7 Å². The van der Waals surface area contributed by atoms with Crippen LogP contribution < -0.4 is 9.80 Å². The van der Waals surface area contributed by atoms with Crippen molar-refractivity contribution in [3.8, 4) is 0 Å². The average Bonchev–Trinajstić information content (AvgIpc) is 2.43. The Morgan fingerprint density at radius 2 is 1.95 bits per heavy atom. The number of rotatable bonds is 3. The SMILES string of the molecule is C/C=C(/C)C[NH+]1CCN(c2cccc(C)c2C)CC1. The van der Waals surface area contributed by atoms with Crippen LogP contribution in [0, 0.1) is 13.8 Å². The van der Waals surface area contributed by atoms with Crippen molar-refractivity contribution in [3.05, 3.63) is 41.0 Å². The third-order valence-electron chi connectivity index (χ3n) is 4.41. The zero-order chi connectivity index (χ0) is 13.8. The molecule has 0 atom stereocenters. The van der Waals surface area contributed by atoms with Crippen LogP contribution in [0.2, 0.25) is 0 Å². The van der Waals surface area contributed by atoms with Gasteiger partial charge in [-0.1, -0.05) is 18.2 Å². The largest absolute Gasteiger partial charge is 0.360 e. The van der Waals surface area contributed by atoms with E-state index in [0.29, 0.717) is 0 Å². The standard InChI is InChI=1S/C17H26N2/c1-5-14(2)13-18-9-11-19(12-10-18)17-8-6-7-15(3)16(17)4/h5-8H,9-13H2,1-4H3/p+1/b14-5-. The Labute approximate surface area is 117 Å². The molecule has 1 aliphatic rings. The second-order valence-electron chi connectivity index (χ2n) is 5.77. The van der Waals surface area contributed by atoms with Crippen LogP contribution in [-0.2, 0) is 0 Å². The number of hydrogen-bond donors (Lipinski definition) is 1. The summed E-state index contributed by atoms with van der Waals surface area (Å²) in [6, 6.07) is 6.65. The lowest BCUT2D eigenvalue weighted by atomic mass is 10.1.